The maximum Gasteiger partial charge on any atom is 0.321 e. The van der Waals surface area contributed by atoms with Crippen molar-refractivity contribution >= 4 is 49.2 Å². The lowest BCUT2D eigenvalue weighted by molar-refractivity contribution is 0.252. The van der Waals surface area contributed by atoms with Gasteiger partial charge in [-0.15, -0.1) is 0 Å². The zero-order valence-electron chi connectivity index (χ0n) is 13.1. The Hall–Kier alpha value is -2.19. The monoisotopic (exact) mass is 347 g/mol. The molecule has 3 aromatic rings. The molecule has 0 fully saturated rings. The van der Waals surface area contributed by atoms with Gasteiger partial charge in [-0.3, -0.25) is 5.32 Å². The van der Waals surface area contributed by atoms with Crippen molar-refractivity contribution in [3.63, 3.8) is 0 Å². The van der Waals surface area contributed by atoms with Crippen LogP contribution in [0.3, 0.4) is 0 Å². The maximum absolute atomic E-state index is 11.7. The second kappa shape index (κ2) is 6.51. The Morgan fingerprint density at radius 2 is 2.13 bits per heavy atom. The highest BCUT2D eigenvalue weighted by molar-refractivity contribution is 7.24. The lowest BCUT2D eigenvalue weighted by Crippen LogP contribution is -2.28. The van der Waals surface area contributed by atoms with E-state index in [-0.39, 0.29) is 6.03 Å². The number of benzene rings is 1. The molecule has 2 N–H and O–H groups in total. The molecule has 23 heavy (non-hydrogen) atoms. The number of carbonyl (C=O) groups excluding carboxylic acids is 1. The summed E-state index contributed by atoms with van der Waals surface area (Å²) in [5, 5.41) is 7.03. The van der Waals surface area contributed by atoms with Gasteiger partial charge in [-0.05, 0) is 13.0 Å². The van der Waals surface area contributed by atoms with E-state index in [0.717, 1.165) is 25.8 Å². The van der Waals surface area contributed by atoms with Crippen molar-refractivity contribution in [2.75, 3.05) is 30.9 Å². The van der Waals surface area contributed by atoms with Crippen LogP contribution in [0.15, 0.2) is 24.4 Å². The summed E-state index contributed by atoms with van der Waals surface area (Å²) in [5.74, 6) is 0. The van der Waals surface area contributed by atoms with E-state index in [2.05, 4.69) is 26.7 Å². The minimum Gasteiger partial charge on any atom is -0.354 e. The summed E-state index contributed by atoms with van der Waals surface area (Å²) in [6, 6.07) is 5.75. The lowest BCUT2D eigenvalue weighted by Gasteiger charge is -2.05. The molecular weight excluding hydrogens is 330 g/mol. The highest BCUT2D eigenvalue weighted by Crippen LogP contribution is 2.38. The number of carbonyl (C=O) groups is 1. The van der Waals surface area contributed by atoms with Gasteiger partial charge in [-0.2, -0.15) is 0 Å². The first kappa shape index (κ1) is 15.7. The number of amides is 2. The number of nitrogens with zero attached hydrogens (tertiary/aromatic N) is 3. The molecule has 0 saturated heterocycles. The first-order valence-corrected chi connectivity index (χ1v) is 8.79. The fourth-order valence-electron chi connectivity index (χ4n) is 2.09. The molecule has 1 aromatic carbocycles. The van der Waals surface area contributed by atoms with E-state index in [1.165, 1.54) is 11.3 Å². The lowest BCUT2D eigenvalue weighted by atomic mass is 10.2. The SMILES string of the molecule is CCNC(=O)Nc1nc2cccc(-c3cnc(N(C)C)s3)c2s1. The van der Waals surface area contributed by atoms with Crippen molar-refractivity contribution in [2.24, 2.45) is 0 Å². The van der Waals surface area contributed by atoms with Gasteiger partial charge >= 0.3 is 6.03 Å². The van der Waals surface area contributed by atoms with Crippen LogP contribution in [0, 0.1) is 0 Å². The van der Waals surface area contributed by atoms with Crippen LogP contribution in [0.2, 0.25) is 0 Å². The van der Waals surface area contributed by atoms with Gasteiger partial charge in [0.15, 0.2) is 10.3 Å². The Kier molecular flexibility index (Phi) is 4.44. The first-order chi connectivity index (χ1) is 11.1. The van der Waals surface area contributed by atoms with E-state index in [4.69, 9.17) is 0 Å². The molecule has 0 aliphatic rings. The molecule has 3 rings (SSSR count). The summed E-state index contributed by atoms with van der Waals surface area (Å²) in [5.41, 5.74) is 1.97. The molecule has 0 unspecified atom stereocenters. The van der Waals surface area contributed by atoms with Crippen molar-refractivity contribution in [1.82, 2.24) is 15.3 Å². The van der Waals surface area contributed by atoms with E-state index < -0.39 is 0 Å². The van der Waals surface area contributed by atoms with Crippen molar-refractivity contribution < 1.29 is 4.79 Å². The Labute approximate surface area is 142 Å². The number of thiazole rings is 2. The molecule has 0 radical (unpaired) electrons. The van der Waals surface area contributed by atoms with E-state index in [0.29, 0.717) is 11.7 Å². The largest absolute Gasteiger partial charge is 0.354 e. The highest BCUT2D eigenvalue weighted by Gasteiger charge is 2.13. The molecule has 0 aliphatic heterocycles. The number of hydrogen-bond acceptors (Lipinski definition) is 6. The third-order valence-electron chi connectivity index (χ3n) is 3.11. The number of anilines is 2. The van der Waals surface area contributed by atoms with Crippen LogP contribution in [-0.4, -0.2) is 36.6 Å². The Morgan fingerprint density at radius 3 is 2.83 bits per heavy atom. The molecule has 0 spiro atoms. The van der Waals surface area contributed by atoms with Crippen LogP contribution in [0.25, 0.3) is 20.7 Å². The Morgan fingerprint density at radius 1 is 1.30 bits per heavy atom. The number of urea groups is 1. The molecule has 2 aromatic heterocycles. The molecule has 8 heteroatoms. The minimum absolute atomic E-state index is 0.235. The van der Waals surface area contributed by atoms with Crippen LogP contribution in [0.5, 0.6) is 0 Å². The second-order valence-electron chi connectivity index (χ2n) is 5.06. The van der Waals surface area contributed by atoms with Gasteiger partial charge in [0.25, 0.3) is 0 Å². The minimum atomic E-state index is -0.235. The van der Waals surface area contributed by atoms with Crippen LogP contribution >= 0.6 is 22.7 Å². The van der Waals surface area contributed by atoms with Crippen LogP contribution in [0.4, 0.5) is 15.1 Å². The average molecular weight is 347 g/mol. The van der Waals surface area contributed by atoms with Gasteiger partial charge in [0.2, 0.25) is 0 Å². The smallest absolute Gasteiger partial charge is 0.321 e. The molecule has 2 heterocycles. The van der Waals surface area contributed by atoms with Crippen LogP contribution in [0.1, 0.15) is 6.92 Å². The van der Waals surface area contributed by atoms with Gasteiger partial charge in [0.05, 0.1) is 15.1 Å². The summed E-state index contributed by atoms with van der Waals surface area (Å²) in [4.78, 5) is 23.6. The van der Waals surface area contributed by atoms with Gasteiger partial charge in [-0.25, -0.2) is 14.8 Å². The molecular formula is C15H17N5OS2. The number of hydrogen-bond donors (Lipinski definition) is 2. The van der Waals surface area contributed by atoms with E-state index >= 15 is 0 Å². The van der Waals surface area contributed by atoms with E-state index in [1.54, 1.807) is 11.3 Å². The summed E-state index contributed by atoms with van der Waals surface area (Å²) < 4.78 is 1.05. The number of rotatable bonds is 4. The highest BCUT2D eigenvalue weighted by atomic mass is 32.1. The van der Waals surface area contributed by atoms with E-state index in [9.17, 15) is 4.79 Å². The Bertz CT molecular complexity index is 839. The fourth-order valence-corrected chi connectivity index (χ4v) is 4.02. The topological polar surface area (TPSA) is 70.1 Å². The third kappa shape index (κ3) is 3.27. The summed E-state index contributed by atoms with van der Waals surface area (Å²) in [6.45, 7) is 2.46. The molecule has 0 aliphatic carbocycles. The van der Waals surface area contributed by atoms with Crippen molar-refractivity contribution in [2.45, 2.75) is 6.92 Å². The van der Waals surface area contributed by atoms with Crippen molar-refractivity contribution in [1.29, 1.82) is 0 Å². The Balaban J connectivity index is 1.97. The van der Waals surface area contributed by atoms with Gasteiger partial charge < -0.3 is 10.2 Å². The predicted octanol–water partition coefficient (Wildman–Crippen LogP) is 3.63. The number of nitrogens with one attached hydrogen (secondary N) is 2. The average Bonchev–Trinajstić information content (AvgIpc) is 3.13. The first-order valence-electron chi connectivity index (χ1n) is 7.16. The van der Waals surface area contributed by atoms with Crippen molar-refractivity contribution in [3.05, 3.63) is 24.4 Å². The number of fused-ring (bicyclic) bond motifs is 1. The molecule has 0 bridgehead atoms. The predicted molar refractivity (Wildman–Crippen MR) is 97.8 cm³/mol. The molecule has 6 nitrogen and oxygen atoms in total. The maximum atomic E-state index is 11.7. The summed E-state index contributed by atoms with van der Waals surface area (Å²) >= 11 is 3.11. The molecule has 2 amide bonds. The standard InChI is InChI=1S/C15H17N5OS2/c1-4-16-13(21)19-14-18-10-7-5-6-9(12(10)23-14)11-8-17-15(22-11)20(2)3/h5-8H,4H2,1-3H3,(H2,16,18,19,21). The van der Waals surface area contributed by atoms with Gasteiger partial charge in [0.1, 0.15) is 0 Å². The second-order valence-corrected chi connectivity index (χ2v) is 7.07. The number of aromatic nitrogens is 2. The van der Waals surface area contributed by atoms with Gasteiger partial charge in [-0.1, -0.05) is 34.8 Å². The zero-order valence-corrected chi connectivity index (χ0v) is 14.7. The van der Waals surface area contributed by atoms with E-state index in [1.807, 2.05) is 44.2 Å². The quantitative estimate of drug-likeness (QED) is 0.756. The van der Waals surface area contributed by atoms with Gasteiger partial charge in [0, 0.05) is 32.4 Å². The fraction of sp³-hybridized carbons (Fsp3) is 0.267. The molecule has 0 saturated carbocycles. The molecule has 120 valence electrons. The summed E-state index contributed by atoms with van der Waals surface area (Å²) in [6.07, 6.45) is 1.88. The van der Waals surface area contributed by atoms with Crippen LogP contribution in [-0.2, 0) is 0 Å². The zero-order chi connectivity index (χ0) is 16.4. The summed E-state index contributed by atoms with van der Waals surface area (Å²) in [7, 11) is 3.95. The molecule has 0 atom stereocenters. The normalized spacial score (nSPS) is 10.7. The third-order valence-corrected chi connectivity index (χ3v) is 5.33. The van der Waals surface area contributed by atoms with Crippen LogP contribution < -0.4 is 15.5 Å². The van der Waals surface area contributed by atoms with Crippen molar-refractivity contribution in [3.8, 4) is 10.4 Å².